The molecule has 0 spiro atoms. The molecule has 0 unspecified atom stereocenters. The van der Waals surface area contributed by atoms with Crippen LogP contribution in [0.2, 0.25) is 0 Å². The molecule has 0 aromatic heterocycles. The van der Waals surface area contributed by atoms with Crippen molar-refractivity contribution >= 4 is 10.8 Å². The number of hydrogen-bond donors (Lipinski definition) is 0. The molecule has 0 heterocycles. The molecule has 0 saturated heterocycles. The van der Waals surface area contributed by atoms with Crippen molar-refractivity contribution in [2.75, 3.05) is 0 Å². The van der Waals surface area contributed by atoms with E-state index in [-0.39, 0.29) is 5.75 Å². The first-order valence-corrected chi connectivity index (χ1v) is 6.27. The van der Waals surface area contributed by atoms with Gasteiger partial charge in [-0.15, -0.1) is 0 Å². The monoisotopic (exact) mass is 270 g/mol. The van der Waals surface area contributed by atoms with Crippen LogP contribution in [-0.4, -0.2) is 6.61 Å². The van der Waals surface area contributed by atoms with Gasteiger partial charge in [-0.25, -0.2) is 0 Å². The molecular weight excluding hydrogens is 258 g/mol. The highest BCUT2D eigenvalue weighted by molar-refractivity contribution is 5.97. The Morgan fingerprint density at radius 2 is 1.35 bits per heavy atom. The summed E-state index contributed by atoms with van der Waals surface area (Å²) in [7, 11) is 0. The predicted molar refractivity (Wildman–Crippen MR) is 76.0 cm³/mol. The topological polar surface area (TPSA) is 9.23 Å². The van der Waals surface area contributed by atoms with Crippen LogP contribution in [0.4, 0.5) is 8.78 Å². The second kappa shape index (κ2) is 5.29. The maximum absolute atomic E-state index is 12.5. The second-order valence-electron chi connectivity index (χ2n) is 4.40. The molecule has 3 heteroatoms. The fraction of sp³-hybridized carbons (Fsp3) is 0.0588. The molecule has 0 N–H and O–H groups in total. The molecule has 3 aromatic carbocycles. The van der Waals surface area contributed by atoms with E-state index in [1.807, 2.05) is 48.5 Å². The molecule has 1 nitrogen and oxygen atoms in total. The van der Waals surface area contributed by atoms with E-state index in [1.54, 1.807) is 18.2 Å². The Hall–Kier alpha value is -2.42. The third kappa shape index (κ3) is 2.35. The van der Waals surface area contributed by atoms with Crippen molar-refractivity contribution in [2.45, 2.75) is 6.61 Å². The molecule has 0 aliphatic carbocycles. The maximum atomic E-state index is 12.5. The lowest BCUT2D eigenvalue weighted by atomic mass is 9.98. The number of halogens is 2. The van der Waals surface area contributed by atoms with E-state index < -0.39 is 6.61 Å². The first kappa shape index (κ1) is 12.6. The highest BCUT2D eigenvalue weighted by atomic mass is 19.3. The van der Waals surface area contributed by atoms with Crippen LogP contribution in [0.1, 0.15) is 0 Å². The lowest BCUT2D eigenvalue weighted by Crippen LogP contribution is -2.03. The summed E-state index contributed by atoms with van der Waals surface area (Å²) < 4.78 is 29.6. The lowest BCUT2D eigenvalue weighted by Gasteiger charge is -2.12. The van der Waals surface area contributed by atoms with E-state index in [2.05, 4.69) is 4.74 Å². The smallest absolute Gasteiger partial charge is 0.387 e. The summed E-state index contributed by atoms with van der Waals surface area (Å²) in [6, 6.07) is 20.5. The first-order valence-electron chi connectivity index (χ1n) is 6.27. The Kier molecular flexibility index (Phi) is 3.33. The average Bonchev–Trinajstić information content (AvgIpc) is 2.47. The minimum Gasteiger partial charge on any atom is -0.434 e. The Labute approximate surface area is 115 Å². The summed E-state index contributed by atoms with van der Waals surface area (Å²) in [5.41, 5.74) is 1.56. The molecule has 0 fully saturated rings. The average molecular weight is 270 g/mol. The summed E-state index contributed by atoms with van der Waals surface area (Å²) in [5.74, 6) is 0.193. The van der Waals surface area contributed by atoms with Gasteiger partial charge in [0.1, 0.15) is 5.75 Å². The van der Waals surface area contributed by atoms with E-state index in [1.165, 1.54) is 0 Å². The highest BCUT2D eigenvalue weighted by Crippen LogP contribution is 2.35. The molecule has 0 bridgehead atoms. The van der Waals surface area contributed by atoms with Crippen molar-refractivity contribution in [3.8, 4) is 16.9 Å². The van der Waals surface area contributed by atoms with Crippen LogP contribution in [0, 0.1) is 0 Å². The third-order valence-corrected chi connectivity index (χ3v) is 3.18. The summed E-state index contributed by atoms with van der Waals surface area (Å²) >= 11 is 0. The number of para-hydroxylation sites is 1. The van der Waals surface area contributed by atoms with E-state index in [9.17, 15) is 8.78 Å². The Morgan fingerprint density at radius 3 is 2.20 bits per heavy atom. The molecule has 0 aliphatic heterocycles. The SMILES string of the molecule is FC(F)Oc1ccccc1-c1cccc2ccccc12. The lowest BCUT2D eigenvalue weighted by molar-refractivity contribution is -0.0494. The Morgan fingerprint density at radius 1 is 0.700 bits per heavy atom. The standard InChI is InChI=1S/C17H12F2O/c18-17(19)20-16-11-4-3-9-15(16)14-10-5-7-12-6-1-2-8-13(12)14/h1-11,17H. The number of ether oxygens (including phenoxy) is 1. The van der Waals surface area contributed by atoms with Gasteiger partial charge in [0.05, 0.1) is 0 Å². The van der Waals surface area contributed by atoms with Crippen LogP contribution in [0.25, 0.3) is 21.9 Å². The first-order chi connectivity index (χ1) is 9.75. The van der Waals surface area contributed by atoms with E-state index in [0.29, 0.717) is 5.56 Å². The van der Waals surface area contributed by atoms with Crippen LogP contribution in [0.5, 0.6) is 5.75 Å². The zero-order valence-electron chi connectivity index (χ0n) is 10.6. The summed E-state index contributed by atoms with van der Waals surface area (Å²) in [6.07, 6.45) is 0. The zero-order valence-corrected chi connectivity index (χ0v) is 10.6. The normalized spacial score (nSPS) is 10.9. The number of hydrogen-bond acceptors (Lipinski definition) is 1. The van der Waals surface area contributed by atoms with Crippen molar-refractivity contribution < 1.29 is 13.5 Å². The molecule has 3 rings (SSSR count). The number of benzene rings is 3. The molecule has 0 saturated carbocycles. The maximum Gasteiger partial charge on any atom is 0.387 e. The van der Waals surface area contributed by atoms with Gasteiger partial charge in [-0.05, 0) is 22.4 Å². The van der Waals surface area contributed by atoms with Crippen molar-refractivity contribution in [3.63, 3.8) is 0 Å². The van der Waals surface area contributed by atoms with Crippen LogP contribution in [0.15, 0.2) is 66.7 Å². The van der Waals surface area contributed by atoms with Crippen molar-refractivity contribution in [1.29, 1.82) is 0 Å². The fourth-order valence-electron chi connectivity index (χ4n) is 2.35. The fourth-order valence-corrected chi connectivity index (χ4v) is 2.35. The van der Waals surface area contributed by atoms with Gasteiger partial charge in [-0.2, -0.15) is 8.78 Å². The molecular formula is C17H12F2O. The van der Waals surface area contributed by atoms with Gasteiger partial charge in [0, 0.05) is 5.56 Å². The number of rotatable bonds is 3. The summed E-state index contributed by atoms with van der Waals surface area (Å²) in [4.78, 5) is 0. The van der Waals surface area contributed by atoms with Gasteiger partial charge in [-0.3, -0.25) is 0 Å². The predicted octanol–water partition coefficient (Wildman–Crippen LogP) is 5.11. The molecule has 0 amide bonds. The van der Waals surface area contributed by atoms with E-state index in [4.69, 9.17) is 0 Å². The number of alkyl halides is 2. The van der Waals surface area contributed by atoms with E-state index >= 15 is 0 Å². The summed E-state index contributed by atoms with van der Waals surface area (Å²) in [5, 5.41) is 2.08. The van der Waals surface area contributed by atoms with Crippen molar-refractivity contribution in [2.24, 2.45) is 0 Å². The van der Waals surface area contributed by atoms with Gasteiger partial charge < -0.3 is 4.74 Å². The minimum absolute atomic E-state index is 0.193. The minimum atomic E-state index is -2.83. The van der Waals surface area contributed by atoms with Gasteiger partial charge >= 0.3 is 6.61 Å². The van der Waals surface area contributed by atoms with Crippen LogP contribution < -0.4 is 4.74 Å². The molecule has 100 valence electrons. The zero-order chi connectivity index (χ0) is 13.9. The Bertz CT molecular complexity index is 732. The quantitative estimate of drug-likeness (QED) is 0.642. The van der Waals surface area contributed by atoms with Crippen molar-refractivity contribution in [1.82, 2.24) is 0 Å². The van der Waals surface area contributed by atoms with E-state index in [0.717, 1.165) is 16.3 Å². The van der Waals surface area contributed by atoms with Crippen LogP contribution >= 0.6 is 0 Å². The van der Waals surface area contributed by atoms with Gasteiger partial charge in [-0.1, -0.05) is 60.7 Å². The van der Waals surface area contributed by atoms with Gasteiger partial charge in [0.15, 0.2) is 0 Å². The van der Waals surface area contributed by atoms with Crippen LogP contribution in [0.3, 0.4) is 0 Å². The Balaban J connectivity index is 2.21. The van der Waals surface area contributed by atoms with Crippen molar-refractivity contribution in [3.05, 3.63) is 66.7 Å². The molecule has 20 heavy (non-hydrogen) atoms. The summed E-state index contributed by atoms with van der Waals surface area (Å²) in [6.45, 7) is -2.83. The molecule has 0 radical (unpaired) electrons. The van der Waals surface area contributed by atoms with Gasteiger partial charge in [0.2, 0.25) is 0 Å². The largest absolute Gasteiger partial charge is 0.434 e. The molecule has 0 atom stereocenters. The number of fused-ring (bicyclic) bond motifs is 1. The molecule has 0 aliphatic rings. The third-order valence-electron chi connectivity index (χ3n) is 3.18. The highest BCUT2D eigenvalue weighted by Gasteiger charge is 2.12. The van der Waals surface area contributed by atoms with Gasteiger partial charge in [0.25, 0.3) is 0 Å². The molecule has 3 aromatic rings. The second-order valence-corrected chi connectivity index (χ2v) is 4.40. The van der Waals surface area contributed by atoms with Crippen LogP contribution in [-0.2, 0) is 0 Å².